The maximum atomic E-state index is 11.4. The number of nitro groups is 1. The van der Waals surface area contributed by atoms with E-state index in [9.17, 15) is 14.9 Å². The van der Waals surface area contributed by atoms with E-state index in [2.05, 4.69) is 9.97 Å². The van der Waals surface area contributed by atoms with Crippen molar-refractivity contribution in [2.75, 3.05) is 0 Å². The second-order valence-electron chi connectivity index (χ2n) is 3.20. The SMILES string of the molecule is O=c1[nH]cnc(Sc2ccc(Cl)cc2)c1[N+](=O)[O-]. The minimum atomic E-state index is -0.772. The molecule has 0 saturated heterocycles. The van der Waals surface area contributed by atoms with E-state index < -0.39 is 16.2 Å². The van der Waals surface area contributed by atoms with E-state index in [1.807, 2.05) is 0 Å². The molecule has 0 spiro atoms. The van der Waals surface area contributed by atoms with Crippen LogP contribution in [0.15, 0.2) is 45.3 Å². The Balaban J connectivity index is 2.40. The Labute approximate surface area is 110 Å². The third-order valence-corrected chi connectivity index (χ3v) is 3.26. The molecule has 0 aliphatic carbocycles. The highest BCUT2D eigenvalue weighted by Crippen LogP contribution is 2.30. The van der Waals surface area contributed by atoms with E-state index in [-0.39, 0.29) is 5.03 Å². The normalized spacial score (nSPS) is 10.3. The zero-order valence-electron chi connectivity index (χ0n) is 8.79. The molecule has 18 heavy (non-hydrogen) atoms. The molecule has 0 fully saturated rings. The number of rotatable bonds is 3. The third kappa shape index (κ3) is 2.69. The minimum absolute atomic E-state index is 0.0473. The van der Waals surface area contributed by atoms with Crippen molar-refractivity contribution in [3.8, 4) is 0 Å². The highest BCUT2D eigenvalue weighted by molar-refractivity contribution is 7.99. The van der Waals surface area contributed by atoms with Gasteiger partial charge in [-0.1, -0.05) is 23.4 Å². The quantitative estimate of drug-likeness (QED) is 0.531. The first-order chi connectivity index (χ1) is 8.58. The summed E-state index contributed by atoms with van der Waals surface area (Å²) in [6.07, 6.45) is 1.13. The van der Waals surface area contributed by atoms with Crippen molar-refractivity contribution < 1.29 is 4.92 Å². The van der Waals surface area contributed by atoms with Gasteiger partial charge in [0.25, 0.3) is 0 Å². The fourth-order valence-corrected chi connectivity index (χ4v) is 2.22. The van der Waals surface area contributed by atoms with Gasteiger partial charge >= 0.3 is 11.2 Å². The van der Waals surface area contributed by atoms with Crippen molar-refractivity contribution in [1.29, 1.82) is 0 Å². The van der Waals surface area contributed by atoms with Crippen LogP contribution >= 0.6 is 23.4 Å². The number of hydrogen-bond acceptors (Lipinski definition) is 5. The van der Waals surface area contributed by atoms with E-state index in [1.165, 1.54) is 0 Å². The number of benzene rings is 1. The Morgan fingerprint density at radius 1 is 1.33 bits per heavy atom. The first-order valence-corrected chi connectivity index (χ1v) is 5.93. The van der Waals surface area contributed by atoms with Gasteiger partial charge in [0, 0.05) is 9.92 Å². The largest absolute Gasteiger partial charge is 0.366 e. The topological polar surface area (TPSA) is 88.9 Å². The Bertz CT molecular complexity index is 642. The van der Waals surface area contributed by atoms with Gasteiger partial charge in [0.1, 0.15) is 0 Å². The molecule has 1 heterocycles. The molecule has 92 valence electrons. The molecule has 0 amide bonds. The predicted octanol–water partition coefficient (Wildman–Crippen LogP) is 2.48. The fraction of sp³-hybridized carbons (Fsp3) is 0. The summed E-state index contributed by atoms with van der Waals surface area (Å²) < 4.78 is 0. The van der Waals surface area contributed by atoms with Crippen LogP contribution in [0.2, 0.25) is 5.02 Å². The number of aromatic nitrogens is 2. The number of halogens is 1. The lowest BCUT2D eigenvalue weighted by atomic mass is 10.4. The van der Waals surface area contributed by atoms with Gasteiger partial charge in [-0.15, -0.1) is 0 Å². The Morgan fingerprint density at radius 2 is 2.00 bits per heavy atom. The maximum absolute atomic E-state index is 11.4. The molecule has 0 aliphatic rings. The molecule has 6 nitrogen and oxygen atoms in total. The molecule has 0 unspecified atom stereocenters. The molecule has 8 heteroatoms. The highest BCUT2D eigenvalue weighted by atomic mass is 35.5. The second kappa shape index (κ2) is 5.19. The van der Waals surface area contributed by atoms with Crippen molar-refractivity contribution in [2.24, 2.45) is 0 Å². The van der Waals surface area contributed by atoms with Crippen molar-refractivity contribution in [1.82, 2.24) is 9.97 Å². The van der Waals surface area contributed by atoms with Crippen LogP contribution in [-0.2, 0) is 0 Å². The second-order valence-corrected chi connectivity index (χ2v) is 4.70. The summed E-state index contributed by atoms with van der Waals surface area (Å²) in [6.45, 7) is 0. The van der Waals surface area contributed by atoms with Crippen molar-refractivity contribution >= 4 is 29.1 Å². The van der Waals surface area contributed by atoms with Crippen molar-refractivity contribution in [3.05, 3.63) is 56.1 Å². The zero-order chi connectivity index (χ0) is 13.1. The van der Waals surface area contributed by atoms with E-state index in [4.69, 9.17) is 11.6 Å². The smallest absolute Gasteiger partial charge is 0.307 e. The number of aromatic amines is 1. The summed E-state index contributed by atoms with van der Waals surface area (Å²) in [5, 5.41) is 11.4. The van der Waals surface area contributed by atoms with Crippen LogP contribution in [0.1, 0.15) is 0 Å². The predicted molar refractivity (Wildman–Crippen MR) is 67.1 cm³/mol. The van der Waals surface area contributed by atoms with E-state index in [0.29, 0.717) is 9.92 Å². The molecular weight excluding hydrogens is 278 g/mol. The lowest BCUT2D eigenvalue weighted by Crippen LogP contribution is -2.13. The molecule has 2 aromatic rings. The molecule has 0 bridgehead atoms. The Kier molecular flexibility index (Phi) is 3.63. The number of nitrogens with one attached hydrogen (secondary N) is 1. The van der Waals surface area contributed by atoms with Gasteiger partial charge in [-0.2, -0.15) is 0 Å². The minimum Gasteiger partial charge on any atom is -0.307 e. The molecule has 1 aromatic carbocycles. The van der Waals surface area contributed by atoms with Gasteiger partial charge in [-0.25, -0.2) is 4.98 Å². The van der Waals surface area contributed by atoms with Crippen LogP contribution in [0.25, 0.3) is 0 Å². The third-order valence-electron chi connectivity index (χ3n) is 2.01. The van der Waals surface area contributed by atoms with Crippen molar-refractivity contribution in [2.45, 2.75) is 9.92 Å². The van der Waals surface area contributed by atoms with Crippen LogP contribution in [-0.4, -0.2) is 14.9 Å². The van der Waals surface area contributed by atoms with Gasteiger partial charge in [0.2, 0.25) is 0 Å². The highest BCUT2D eigenvalue weighted by Gasteiger charge is 2.21. The Morgan fingerprint density at radius 3 is 2.61 bits per heavy atom. The van der Waals surface area contributed by atoms with Gasteiger partial charge < -0.3 is 4.98 Å². The molecule has 0 radical (unpaired) electrons. The zero-order valence-corrected chi connectivity index (χ0v) is 10.4. The summed E-state index contributed by atoms with van der Waals surface area (Å²) in [5.41, 5.74) is -1.33. The van der Waals surface area contributed by atoms with Gasteiger partial charge in [-0.3, -0.25) is 14.9 Å². The van der Waals surface area contributed by atoms with Gasteiger partial charge in [0.15, 0.2) is 5.03 Å². The van der Waals surface area contributed by atoms with Crippen LogP contribution in [0.5, 0.6) is 0 Å². The Hall–Kier alpha value is -1.86. The summed E-state index contributed by atoms with van der Waals surface area (Å²) in [6, 6.07) is 6.70. The molecule has 1 aromatic heterocycles. The first kappa shape index (κ1) is 12.6. The first-order valence-electron chi connectivity index (χ1n) is 4.73. The maximum Gasteiger partial charge on any atom is 0.366 e. The lowest BCUT2D eigenvalue weighted by Gasteiger charge is -2.01. The number of H-pyrrole nitrogens is 1. The monoisotopic (exact) mass is 283 g/mol. The van der Waals surface area contributed by atoms with Crippen LogP contribution in [0.3, 0.4) is 0 Å². The molecule has 0 saturated carbocycles. The molecule has 2 rings (SSSR count). The number of nitrogens with zero attached hydrogens (tertiary/aromatic N) is 2. The van der Waals surface area contributed by atoms with E-state index in [0.717, 1.165) is 18.1 Å². The van der Waals surface area contributed by atoms with Crippen molar-refractivity contribution in [3.63, 3.8) is 0 Å². The molecule has 0 atom stereocenters. The fourth-order valence-electron chi connectivity index (χ4n) is 1.23. The summed E-state index contributed by atoms with van der Waals surface area (Å²) in [5.74, 6) is 0. The number of hydrogen-bond donors (Lipinski definition) is 1. The summed E-state index contributed by atoms with van der Waals surface area (Å²) in [4.78, 5) is 28.1. The van der Waals surface area contributed by atoms with E-state index in [1.54, 1.807) is 24.3 Å². The molecule has 1 N–H and O–H groups in total. The van der Waals surface area contributed by atoms with Crippen LogP contribution in [0.4, 0.5) is 5.69 Å². The van der Waals surface area contributed by atoms with Crippen LogP contribution in [0, 0.1) is 10.1 Å². The average Bonchev–Trinajstić information content (AvgIpc) is 2.32. The molecular formula is C10H6ClN3O3S. The van der Waals surface area contributed by atoms with Gasteiger partial charge in [-0.05, 0) is 24.3 Å². The summed E-state index contributed by atoms with van der Waals surface area (Å²) >= 11 is 6.77. The lowest BCUT2D eigenvalue weighted by molar-refractivity contribution is -0.389. The van der Waals surface area contributed by atoms with Crippen LogP contribution < -0.4 is 5.56 Å². The average molecular weight is 284 g/mol. The van der Waals surface area contributed by atoms with E-state index >= 15 is 0 Å². The summed E-state index contributed by atoms with van der Waals surface area (Å²) in [7, 11) is 0. The van der Waals surface area contributed by atoms with Gasteiger partial charge in [0.05, 0.1) is 11.3 Å². The standard InChI is InChI=1S/C10H6ClN3O3S/c11-6-1-3-7(4-2-6)18-10-8(14(16)17)9(15)12-5-13-10/h1-5H,(H,12,13,15). The molecule has 0 aliphatic heterocycles.